The van der Waals surface area contributed by atoms with Gasteiger partial charge in [0, 0.05) is 25.8 Å². The minimum Gasteiger partial charge on any atom is -0.333 e. The fourth-order valence-corrected chi connectivity index (χ4v) is 10.7. The molecule has 5 heteroatoms. The Bertz CT molecular complexity index is 2720. The maximum Gasteiger partial charge on any atom is 0.0774 e. The summed E-state index contributed by atoms with van der Waals surface area (Å²) in [7, 11) is 0. The average molecular weight is 1030 g/mol. The molecule has 0 saturated carbocycles. The molecular weight excluding hydrogens is 986 g/mol. The van der Waals surface area contributed by atoms with Gasteiger partial charge in [0.1, 0.15) is 0 Å². The van der Waals surface area contributed by atoms with Gasteiger partial charge in [-0.25, -0.2) is 0 Å². The van der Waals surface area contributed by atoms with Gasteiger partial charge in [-0.05, 0) is 37.1 Å². The summed E-state index contributed by atoms with van der Waals surface area (Å²) in [6, 6.07) is 59.9. The normalized spacial score (nSPS) is 11.2. The van der Waals surface area contributed by atoms with E-state index < -0.39 is 20.4 Å². The molecule has 0 unspecified atom stereocenters. The van der Waals surface area contributed by atoms with Crippen LogP contribution in [0.2, 0.25) is 0 Å². The maximum atomic E-state index is 5.07. The third-order valence-electron chi connectivity index (χ3n) is 10.3. The molecule has 0 bridgehead atoms. The number of hydrogen-bond acceptors (Lipinski definition) is 2. The van der Waals surface area contributed by atoms with Crippen LogP contribution in [0, 0.1) is 26.0 Å². The van der Waals surface area contributed by atoms with E-state index in [1.807, 2.05) is 36.4 Å². The molecular formula is C52H45IrN3Te-2. The topological polar surface area (TPSA) is 30.7 Å². The maximum absolute atomic E-state index is 5.07. The molecule has 0 atom stereocenters. The van der Waals surface area contributed by atoms with Crippen molar-refractivity contribution in [2.24, 2.45) is 0 Å². The van der Waals surface area contributed by atoms with Gasteiger partial charge < -0.3 is 4.57 Å². The molecule has 57 heavy (non-hydrogen) atoms. The van der Waals surface area contributed by atoms with Crippen LogP contribution in [-0.2, 0) is 20.1 Å². The molecule has 0 aliphatic carbocycles. The first-order valence-corrected chi connectivity index (χ1v) is 21.7. The Balaban J connectivity index is 0.000000182. The van der Waals surface area contributed by atoms with Gasteiger partial charge in [0.05, 0.1) is 16.9 Å². The first kappa shape index (κ1) is 40.3. The Morgan fingerprint density at radius 1 is 0.561 bits per heavy atom. The smallest absolute Gasteiger partial charge is 0.0774 e. The molecule has 0 spiro atoms. The number of benzene rings is 7. The summed E-state index contributed by atoms with van der Waals surface area (Å²) in [5, 5.41) is 0. The minimum absolute atomic E-state index is 0. The number of hydrogen-bond donors (Lipinski definition) is 0. The van der Waals surface area contributed by atoms with Crippen molar-refractivity contribution in [2.75, 3.05) is 0 Å². The number of para-hydroxylation sites is 3. The van der Waals surface area contributed by atoms with Crippen LogP contribution in [0.5, 0.6) is 0 Å². The van der Waals surface area contributed by atoms with Crippen LogP contribution in [0.4, 0.5) is 0 Å². The summed E-state index contributed by atoms with van der Waals surface area (Å²) in [5.41, 5.74) is 17.4. The summed E-state index contributed by atoms with van der Waals surface area (Å²) < 4.78 is 4.96. The van der Waals surface area contributed by atoms with Crippen LogP contribution < -0.4 is 0 Å². The Morgan fingerprint density at radius 2 is 1.14 bits per heavy atom. The number of imidazole rings is 1. The van der Waals surface area contributed by atoms with Gasteiger partial charge in [-0.3, -0.25) is 4.98 Å². The Hall–Kier alpha value is -4.88. The number of nitrogens with zero attached hydrogens (tertiary/aromatic N) is 3. The van der Waals surface area contributed by atoms with E-state index in [1.165, 1.54) is 57.3 Å². The van der Waals surface area contributed by atoms with Crippen molar-refractivity contribution < 1.29 is 20.1 Å². The molecule has 285 valence electrons. The Labute approximate surface area is 360 Å². The molecule has 0 aliphatic heterocycles. The van der Waals surface area contributed by atoms with Gasteiger partial charge in [0.2, 0.25) is 0 Å². The summed E-state index contributed by atoms with van der Waals surface area (Å²) in [6.07, 6.45) is 0. The molecule has 2 aromatic heterocycles. The van der Waals surface area contributed by atoms with E-state index in [1.54, 1.807) is 0 Å². The summed E-state index contributed by atoms with van der Waals surface area (Å²) >= 11 is -0.590. The van der Waals surface area contributed by atoms with Gasteiger partial charge in [0.15, 0.2) is 0 Å². The van der Waals surface area contributed by atoms with Crippen LogP contribution in [0.1, 0.15) is 61.8 Å². The second-order valence-electron chi connectivity index (χ2n) is 14.9. The summed E-state index contributed by atoms with van der Waals surface area (Å²) in [4.78, 5) is 9.94. The molecule has 9 aromatic rings. The molecule has 0 N–H and O–H groups in total. The van der Waals surface area contributed by atoms with Crippen molar-refractivity contribution in [1.82, 2.24) is 14.5 Å². The second-order valence-corrected chi connectivity index (χ2v) is 17.8. The van der Waals surface area contributed by atoms with E-state index in [2.05, 4.69) is 174 Å². The van der Waals surface area contributed by atoms with Crippen LogP contribution >= 0.6 is 0 Å². The Kier molecular flexibility index (Phi) is 12.5. The number of aryl methyl sites for hydroxylation is 2. The zero-order valence-electron chi connectivity index (χ0n) is 33.2. The van der Waals surface area contributed by atoms with Crippen LogP contribution in [0.3, 0.4) is 0 Å². The van der Waals surface area contributed by atoms with Crippen LogP contribution in [-0.4, -0.2) is 35.0 Å². The molecule has 9 rings (SSSR count). The first-order valence-electron chi connectivity index (χ1n) is 19.4. The van der Waals surface area contributed by atoms with Gasteiger partial charge >= 0.3 is 208 Å². The van der Waals surface area contributed by atoms with Gasteiger partial charge in [-0.1, -0.05) is 30.3 Å². The zero-order valence-corrected chi connectivity index (χ0v) is 37.9. The number of fused-ring (bicyclic) bond motifs is 2. The monoisotopic (exact) mass is 1030 g/mol. The fraction of sp³-hybridized carbons (Fsp3) is 0.154. The van der Waals surface area contributed by atoms with Crippen molar-refractivity contribution in [3.8, 4) is 48.6 Å². The third kappa shape index (κ3) is 8.27. The predicted octanol–water partition coefficient (Wildman–Crippen LogP) is 13.4. The van der Waals surface area contributed by atoms with E-state index in [4.69, 9.17) is 9.97 Å². The van der Waals surface area contributed by atoms with E-state index in [0.717, 1.165) is 33.5 Å². The largest absolute Gasteiger partial charge is 0.333 e. The van der Waals surface area contributed by atoms with Crippen molar-refractivity contribution in [3.05, 3.63) is 186 Å². The van der Waals surface area contributed by atoms with Crippen molar-refractivity contribution in [3.63, 3.8) is 0 Å². The van der Waals surface area contributed by atoms with E-state index in [0.29, 0.717) is 11.8 Å². The minimum atomic E-state index is -0.590. The Morgan fingerprint density at radius 3 is 1.77 bits per heavy atom. The van der Waals surface area contributed by atoms with E-state index >= 15 is 0 Å². The number of aromatic nitrogens is 3. The van der Waals surface area contributed by atoms with Crippen molar-refractivity contribution in [2.45, 2.75) is 53.4 Å². The average Bonchev–Trinajstić information content (AvgIpc) is 3.84. The summed E-state index contributed by atoms with van der Waals surface area (Å²) in [5.74, 6) is 1.80. The van der Waals surface area contributed by atoms with Gasteiger partial charge in [0.25, 0.3) is 0 Å². The van der Waals surface area contributed by atoms with Gasteiger partial charge in [-0.2, -0.15) is 0 Å². The third-order valence-corrected chi connectivity index (χ3v) is 13.6. The molecule has 2 heterocycles. The van der Waals surface area contributed by atoms with Crippen LogP contribution in [0.25, 0.3) is 68.6 Å². The van der Waals surface area contributed by atoms with E-state index in [9.17, 15) is 0 Å². The summed E-state index contributed by atoms with van der Waals surface area (Å²) in [6.45, 7) is 13.6. The van der Waals surface area contributed by atoms with Gasteiger partial charge in [-0.15, -0.1) is 35.9 Å². The number of rotatable bonds is 7. The molecule has 0 saturated heterocycles. The molecule has 0 fully saturated rings. The van der Waals surface area contributed by atoms with Crippen molar-refractivity contribution >= 4 is 40.4 Å². The first-order chi connectivity index (χ1) is 27.3. The van der Waals surface area contributed by atoms with Crippen LogP contribution in [0.15, 0.2) is 152 Å². The fourth-order valence-electron chi connectivity index (χ4n) is 7.62. The molecule has 3 nitrogen and oxygen atoms in total. The van der Waals surface area contributed by atoms with E-state index in [-0.39, 0.29) is 20.1 Å². The predicted molar refractivity (Wildman–Crippen MR) is 237 cm³/mol. The van der Waals surface area contributed by atoms with Crippen molar-refractivity contribution in [1.29, 1.82) is 0 Å². The molecule has 1 radical (unpaired) electrons. The SMILES string of the molecule is CC(C)c1cc(-c2ccccc2)cc(C(C)C)c1-c1cccc2nc(-c3[c-]cccc3)[te]c12.Cc1cccc(C)c1-n1c(-c2[c-]cccc2)nc2ccccc21.[Ir]. The molecule has 0 amide bonds. The quantitative estimate of drug-likeness (QED) is 0.118. The zero-order chi connectivity index (χ0) is 38.8. The molecule has 7 aromatic carbocycles. The molecule has 0 aliphatic rings. The second kappa shape index (κ2) is 17.7. The standard InChI is InChI=1S/C31H28NTe.C21H17N2.Ir/c1-20(2)26-18-24(22-12-7-5-8-13-22)19-27(21(3)4)29(26)25-16-11-17-28-30(25)33-31(32-28)23-14-9-6-10-15-23;1-15-9-8-10-16(2)20(15)23-19-14-7-6-13-18(19)22-21(23)17-11-4-3-5-12-17;/h5-14,16-21H,1-4H3;3-11,13-14H,1-2H3;/q2*-1;.